The Morgan fingerprint density at radius 3 is 2.30 bits per heavy atom. The van der Waals surface area contributed by atoms with Gasteiger partial charge in [-0.25, -0.2) is 0 Å². The molecule has 0 aliphatic rings. The molecule has 33 heavy (non-hydrogen) atoms. The molecule has 0 bridgehead atoms. The number of benzene rings is 2. The van der Waals surface area contributed by atoms with Gasteiger partial charge in [0, 0.05) is 30.3 Å². The van der Waals surface area contributed by atoms with E-state index in [1.807, 2.05) is 79.3 Å². The largest absolute Gasteiger partial charge is 0.507 e. The number of hydrogen-bond donors (Lipinski definition) is 5. The number of phenolic OH excluding ortho intramolecular Hbond substituents is 1. The van der Waals surface area contributed by atoms with Gasteiger partial charge in [0.25, 0.3) is 5.91 Å². The SMILES string of the molecule is CCc1cc(CNc2n[nH]c(Nc3ccc(-n4cccc4)cc3)c2C(N)=O)cc(CC)c1O. The molecule has 0 atom stereocenters. The Morgan fingerprint density at radius 2 is 1.73 bits per heavy atom. The van der Waals surface area contributed by atoms with E-state index in [-0.39, 0.29) is 5.56 Å². The summed E-state index contributed by atoms with van der Waals surface area (Å²) in [6, 6.07) is 15.6. The lowest BCUT2D eigenvalue weighted by atomic mass is 10.0. The summed E-state index contributed by atoms with van der Waals surface area (Å²) in [5.41, 5.74) is 10.5. The van der Waals surface area contributed by atoms with Gasteiger partial charge in [-0.1, -0.05) is 26.0 Å². The standard InChI is InChI=1S/C25H28N6O2/c1-3-17-13-16(14-18(4-2)22(17)32)15-27-24-21(23(26)33)25(30-29-24)28-19-7-9-20(10-8-19)31-11-5-6-12-31/h5-14,32H,3-4,15H2,1-2H3,(H2,26,33)(H3,27,28,29,30). The molecule has 6 N–H and O–H groups in total. The fourth-order valence-electron chi connectivity index (χ4n) is 3.83. The maximum Gasteiger partial charge on any atom is 0.256 e. The highest BCUT2D eigenvalue weighted by atomic mass is 16.3. The molecule has 2 aromatic carbocycles. The highest BCUT2D eigenvalue weighted by Crippen LogP contribution is 2.28. The van der Waals surface area contributed by atoms with Gasteiger partial charge in [-0.15, -0.1) is 0 Å². The monoisotopic (exact) mass is 444 g/mol. The van der Waals surface area contributed by atoms with Crippen molar-refractivity contribution in [2.75, 3.05) is 10.6 Å². The number of nitrogens with one attached hydrogen (secondary N) is 3. The van der Waals surface area contributed by atoms with Crippen LogP contribution in [0.15, 0.2) is 60.9 Å². The summed E-state index contributed by atoms with van der Waals surface area (Å²) < 4.78 is 2.01. The fourth-order valence-corrected chi connectivity index (χ4v) is 3.83. The van der Waals surface area contributed by atoms with Crippen LogP contribution < -0.4 is 16.4 Å². The summed E-state index contributed by atoms with van der Waals surface area (Å²) in [5.74, 6) is 0.564. The Bertz CT molecular complexity index is 1220. The van der Waals surface area contributed by atoms with E-state index in [1.165, 1.54) is 0 Å². The molecule has 0 aliphatic carbocycles. The molecule has 2 heterocycles. The first-order valence-corrected chi connectivity index (χ1v) is 11.0. The van der Waals surface area contributed by atoms with Gasteiger partial charge in [0.05, 0.1) is 0 Å². The summed E-state index contributed by atoms with van der Waals surface area (Å²) in [4.78, 5) is 12.2. The third-order valence-corrected chi connectivity index (χ3v) is 5.60. The number of aromatic hydroxyl groups is 1. The molecule has 0 fully saturated rings. The number of amides is 1. The Hall–Kier alpha value is -4.20. The Morgan fingerprint density at radius 1 is 1.09 bits per heavy atom. The lowest BCUT2D eigenvalue weighted by Gasteiger charge is -2.12. The predicted octanol–water partition coefficient (Wildman–Crippen LogP) is 4.49. The van der Waals surface area contributed by atoms with Gasteiger partial charge in [-0.05, 0) is 65.9 Å². The average molecular weight is 445 g/mol. The molecule has 4 aromatic rings. The number of rotatable bonds is 9. The van der Waals surface area contributed by atoms with E-state index in [9.17, 15) is 9.90 Å². The second-order valence-electron chi connectivity index (χ2n) is 7.77. The predicted molar refractivity (Wildman–Crippen MR) is 130 cm³/mol. The number of carbonyl (C=O) groups is 1. The van der Waals surface area contributed by atoms with Crippen molar-refractivity contribution in [2.45, 2.75) is 33.2 Å². The maximum absolute atomic E-state index is 12.2. The quantitative estimate of drug-likeness (QED) is 0.261. The van der Waals surface area contributed by atoms with Crippen LogP contribution in [-0.4, -0.2) is 25.8 Å². The van der Waals surface area contributed by atoms with Crippen LogP contribution >= 0.6 is 0 Å². The van der Waals surface area contributed by atoms with Crippen molar-refractivity contribution in [1.82, 2.24) is 14.8 Å². The normalized spacial score (nSPS) is 10.8. The lowest BCUT2D eigenvalue weighted by molar-refractivity contribution is 0.100. The van der Waals surface area contributed by atoms with Crippen molar-refractivity contribution in [3.8, 4) is 11.4 Å². The number of nitrogens with two attached hydrogens (primary N) is 1. The minimum Gasteiger partial charge on any atom is -0.507 e. The number of nitrogens with zero attached hydrogens (tertiary/aromatic N) is 2. The van der Waals surface area contributed by atoms with Crippen molar-refractivity contribution in [3.05, 3.63) is 83.2 Å². The molecule has 0 unspecified atom stereocenters. The molecule has 8 nitrogen and oxygen atoms in total. The summed E-state index contributed by atoms with van der Waals surface area (Å²) in [5, 5.41) is 23.8. The van der Waals surface area contributed by atoms with E-state index in [0.717, 1.165) is 40.9 Å². The van der Waals surface area contributed by atoms with E-state index in [1.54, 1.807) is 0 Å². The first-order valence-electron chi connectivity index (χ1n) is 11.0. The second kappa shape index (κ2) is 9.52. The number of phenols is 1. The molecule has 170 valence electrons. The zero-order valence-electron chi connectivity index (χ0n) is 18.7. The van der Waals surface area contributed by atoms with Crippen molar-refractivity contribution < 1.29 is 9.90 Å². The molecule has 0 radical (unpaired) electrons. The minimum atomic E-state index is -0.591. The minimum absolute atomic E-state index is 0.259. The number of aryl methyl sites for hydroxylation is 2. The van der Waals surface area contributed by atoms with Crippen LogP contribution in [0.4, 0.5) is 17.3 Å². The van der Waals surface area contributed by atoms with Gasteiger partial charge < -0.3 is 26.0 Å². The summed E-state index contributed by atoms with van der Waals surface area (Å²) >= 11 is 0. The highest BCUT2D eigenvalue weighted by Gasteiger charge is 2.19. The Labute approximate surface area is 192 Å². The zero-order valence-corrected chi connectivity index (χ0v) is 18.7. The van der Waals surface area contributed by atoms with Gasteiger partial charge in [0.2, 0.25) is 0 Å². The molecule has 1 amide bonds. The molecule has 0 aliphatic heterocycles. The summed E-state index contributed by atoms with van der Waals surface area (Å²) in [6.45, 7) is 4.46. The molecule has 0 saturated carbocycles. The van der Waals surface area contributed by atoms with E-state index in [4.69, 9.17) is 5.73 Å². The third-order valence-electron chi connectivity index (χ3n) is 5.60. The van der Waals surface area contributed by atoms with Gasteiger partial charge in [0.15, 0.2) is 5.82 Å². The van der Waals surface area contributed by atoms with Crippen LogP contribution in [0.2, 0.25) is 0 Å². The topological polar surface area (TPSA) is 121 Å². The van der Waals surface area contributed by atoms with E-state index < -0.39 is 5.91 Å². The van der Waals surface area contributed by atoms with Crippen LogP contribution in [-0.2, 0) is 19.4 Å². The van der Waals surface area contributed by atoms with Crippen LogP contribution in [0.1, 0.15) is 40.9 Å². The van der Waals surface area contributed by atoms with Gasteiger partial charge >= 0.3 is 0 Å². The Kier molecular flexibility index (Phi) is 6.35. The van der Waals surface area contributed by atoms with Gasteiger partial charge in [-0.3, -0.25) is 9.89 Å². The fraction of sp³-hybridized carbons (Fsp3) is 0.200. The lowest BCUT2D eigenvalue weighted by Crippen LogP contribution is -2.15. The molecular formula is C25H28N6O2. The van der Waals surface area contributed by atoms with Crippen LogP contribution in [0.5, 0.6) is 5.75 Å². The highest BCUT2D eigenvalue weighted by molar-refractivity contribution is 6.03. The van der Waals surface area contributed by atoms with Gasteiger partial charge in [0.1, 0.15) is 17.1 Å². The van der Waals surface area contributed by atoms with Gasteiger partial charge in [-0.2, -0.15) is 5.10 Å². The smallest absolute Gasteiger partial charge is 0.256 e. The van der Waals surface area contributed by atoms with Crippen molar-refractivity contribution >= 4 is 23.2 Å². The number of primary amides is 1. The molecule has 0 saturated heterocycles. The number of aromatic amines is 1. The van der Waals surface area contributed by atoms with Crippen LogP contribution in [0, 0.1) is 0 Å². The third kappa shape index (κ3) is 4.69. The van der Waals surface area contributed by atoms with E-state index in [0.29, 0.717) is 23.9 Å². The number of anilines is 3. The van der Waals surface area contributed by atoms with Crippen LogP contribution in [0.3, 0.4) is 0 Å². The van der Waals surface area contributed by atoms with E-state index in [2.05, 4.69) is 20.8 Å². The summed E-state index contributed by atoms with van der Waals surface area (Å²) in [7, 11) is 0. The second-order valence-corrected chi connectivity index (χ2v) is 7.77. The van der Waals surface area contributed by atoms with Crippen molar-refractivity contribution in [2.24, 2.45) is 5.73 Å². The van der Waals surface area contributed by atoms with Crippen molar-refractivity contribution in [1.29, 1.82) is 0 Å². The molecular weight excluding hydrogens is 416 g/mol. The average Bonchev–Trinajstić information content (AvgIpc) is 3.49. The van der Waals surface area contributed by atoms with Crippen LogP contribution in [0.25, 0.3) is 5.69 Å². The first-order chi connectivity index (χ1) is 16.0. The maximum atomic E-state index is 12.2. The molecule has 8 heteroatoms. The van der Waals surface area contributed by atoms with E-state index >= 15 is 0 Å². The Balaban J connectivity index is 1.52. The number of carbonyl (C=O) groups excluding carboxylic acids is 1. The first kappa shape index (κ1) is 22.0. The molecule has 0 spiro atoms. The van der Waals surface area contributed by atoms with Crippen molar-refractivity contribution in [3.63, 3.8) is 0 Å². The number of aromatic nitrogens is 3. The molecule has 4 rings (SSSR count). The summed E-state index contributed by atoms with van der Waals surface area (Å²) in [6.07, 6.45) is 5.42. The molecule has 2 aromatic heterocycles. The zero-order chi connectivity index (χ0) is 23.4. The number of hydrogen-bond acceptors (Lipinski definition) is 5. The number of H-pyrrole nitrogens is 1.